The van der Waals surface area contributed by atoms with Gasteiger partial charge in [0.05, 0.1) is 19.2 Å². The Bertz CT molecular complexity index is 454. The van der Waals surface area contributed by atoms with Gasteiger partial charge in [-0.3, -0.25) is 4.21 Å². The van der Waals surface area contributed by atoms with Crippen LogP contribution in [0.5, 0.6) is 11.5 Å². The van der Waals surface area contributed by atoms with E-state index in [0.29, 0.717) is 28.8 Å². The van der Waals surface area contributed by atoms with Gasteiger partial charge in [0.1, 0.15) is 0 Å². The zero-order valence-corrected chi connectivity index (χ0v) is 13.2. The molecule has 0 bridgehead atoms. The van der Waals surface area contributed by atoms with Crippen LogP contribution < -0.4 is 14.8 Å². The van der Waals surface area contributed by atoms with Gasteiger partial charge in [0.15, 0.2) is 11.5 Å². The first-order valence-electron chi connectivity index (χ1n) is 5.92. The summed E-state index contributed by atoms with van der Waals surface area (Å²) in [6.07, 6.45) is 1.70. The van der Waals surface area contributed by atoms with Crippen LogP contribution in [0, 0.1) is 0 Å². The first-order valence-corrected chi connectivity index (χ1v) is 8.02. The monoisotopic (exact) mass is 305 g/mol. The van der Waals surface area contributed by atoms with Crippen LogP contribution in [0.15, 0.2) is 12.1 Å². The van der Waals surface area contributed by atoms with Gasteiger partial charge in [-0.25, -0.2) is 0 Å². The molecule has 1 aromatic rings. The average molecular weight is 306 g/mol. The van der Waals surface area contributed by atoms with E-state index in [-0.39, 0.29) is 6.04 Å². The van der Waals surface area contributed by atoms with Crippen LogP contribution in [0.4, 0.5) is 0 Å². The first-order chi connectivity index (χ1) is 8.99. The Hall–Kier alpha value is -0.780. The first kappa shape index (κ1) is 16.3. The van der Waals surface area contributed by atoms with E-state index in [1.54, 1.807) is 20.5 Å². The molecule has 2 atom stereocenters. The van der Waals surface area contributed by atoms with Crippen LogP contribution in [0.2, 0.25) is 5.02 Å². The zero-order chi connectivity index (χ0) is 14.4. The maximum atomic E-state index is 11.1. The quantitative estimate of drug-likeness (QED) is 0.839. The molecule has 108 valence electrons. The number of halogens is 1. The summed E-state index contributed by atoms with van der Waals surface area (Å²) in [6, 6.07) is 3.88. The second-order valence-corrected chi connectivity index (χ2v) is 6.15. The molecule has 0 spiro atoms. The van der Waals surface area contributed by atoms with Gasteiger partial charge in [0, 0.05) is 35.4 Å². The van der Waals surface area contributed by atoms with Crippen molar-refractivity contribution in [2.75, 3.05) is 26.2 Å². The van der Waals surface area contributed by atoms with Gasteiger partial charge in [-0.05, 0) is 18.6 Å². The summed E-state index contributed by atoms with van der Waals surface area (Å²) >= 11 is 6.28. The highest BCUT2D eigenvalue weighted by atomic mass is 35.5. The number of ether oxygens (including phenoxy) is 2. The van der Waals surface area contributed by atoms with Crippen molar-refractivity contribution in [2.45, 2.75) is 19.5 Å². The molecule has 2 unspecified atom stereocenters. The Labute approximate surface area is 121 Å². The molecule has 0 radical (unpaired) electrons. The summed E-state index contributed by atoms with van der Waals surface area (Å²) in [6.45, 7) is 2.59. The van der Waals surface area contributed by atoms with Crippen LogP contribution in [-0.4, -0.2) is 36.5 Å². The smallest absolute Gasteiger partial charge is 0.179 e. The number of hydrogen-bond acceptors (Lipinski definition) is 4. The van der Waals surface area contributed by atoms with Crippen molar-refractivity contribution in [1.82, 2.24) is 5.32 Å². The molecule has 0 aliphatic carbocycles. The fraction of sp³-hybridized carbons (Fsp3) is 0.538. The fourth-order valence-electron chi connectivity index (χ4n) is 1.76. The molecule has 1 aromatic carbocycles. The molecule has 0 aliphatic rings. The van der Waals surface area contributed by atoms with Crippen molar-refractivity contribution >= 4 is 22.4 Å². The van der Waals surface area contributed by atoms with Crippen molar-refractivity contribution in [2.24, 2.45) is 0 Å². The lowest BCUT2D eigenvalue weighted by molar-refractivity contribution is 0.354. The SMILES string of the molecule is COc1ccc(CNC(C)CS(C)=O)c(Cl)c1OC. The minimum absolute atomic E-state index is 0.162. The van der Waals surface area contributed by atoms with Crippen molar-refractivity contribution in [3.05, 3.63) is 22.7 Å². The van der Waals surface area contributed by atoms with Crippen molar-refractivity contribution in [3.8, 4) is 11.5 Å². The van der Waals surface area contributed by atoms with Crippen LogP contribution in [0.25, 0.3) is 0 Å². The lowest BCUT2D eigenvalue weighted by Crippen LogP contribution is -2.30. The van der Waals surface area contributed by atoms with Crippen molar-refractivity contribution in [1.29, 1.82) is 0 Å². The third-order valence-corrected chi connectivity index (χ3v) is 4.07. The summed E-state index contributed by atoms with van der Waals surface area (Å²) < 4.78 is 21.6. The van der Waals surface area contributed by atoms with Gasteiger partial charge in [0.2, 0.25) is 0 Å². The predicted molar refractivity (Wildman–Crippen MR) is 79.8 cm³/mol. The molecular formula is C13H20ClNO3S. The van der Waals surface area contributed by atoms with Gasteiger partial charge in [-0.2, -0.15) is 0 Å². The topological polar surface area (TPSA) is 47.6 Å². The van der Waals surface area contributed by atoms with Crippen LogP contribution in [0.3, 0.4) is 0 Å². The number of hydrogen-bond donors (Lipinski definition) is 1. The minimum Gasteiger partial charge on any atom is -0.493 e. The van der Waals surface area contributed by atoms with Gasteiger partial charge in [-0.1, -0.05) is 17.7 Å². The molecule has 0 saturated carbocycles. The highest BCUT2D eigenvalue weighted by molar-refractivity contribution is 7.84. The Morgan fingerprint density at radius 2 is 2.05 bits per heavy atom. The van der Waals surface area contributed by atoms with E-state index in [9.17, 15) is 4.21 Å². The van der Waals surface area contributed by atoms with E-state index in [1.807, 2.05) is 19.1 Å². The van der Waals surface area contributed by atoms with E-state index in [0.717, 1.165) is 5.56 Å². The fourth-order valence-corrected chi connectivity index (χ4v) is 2.88. The van der Waals surface area contributed by atoms with Gasteiger partial charge in [0.25, 0.3) is 0 Å². The molecular weight excluding hydrogens is 286 g/mol. The Morgan fingerprint density at radius 3 is 2.58 bits per heavy atom. The summed E-state index contributed by atoms with van der Waals surface area (Å²) in [5.74, 6) is 1.76. The highest BCUT2D eigenvalue weighted by Crippen LogP contribution is 2.37. The van der Waals surface area contributed by atoms with Gasteiger partial charge < -0.3 is 14.8 Å². The Kier molecular flexibility index (Phi) is 6.62. The molecule has 19 heavy (non-hydrogen) atoms. The molecule has 0 aromatic heterocycles. The van der Waals surface area contributed by atoms with Crippen LogP contribution in [0.1, 0.15) is 12.5 Å². The summed E-state index contributed by atoms with van der Waals surface area (Å²) in [5.41, 5.74) is 0.924. The number of rotatable bonds is 7. The van der Waals surface area contributed by atoms with E-state index < -0.39 is 10.8 Å². The third-order valence-electron chi connectivity index (χ3n) is 2.69. The predicted octanol–water partition coefficient (Wildman–Crippen LogP) is 2.21. The second kappa shape index (κ2) is 7.72. The lowest BCUT2D eigenvalue weighted by Gasteiger charge is -2.16. The minimum atomic E-state index is -0.810. The molecule has 0 fully saturated rings. The molecule has 0 saturated heterocycles. The van der Waals surface area contributed by atoms with Gasteiger partial charge in [-0.15, -0.1) is 0 Å². The highest BCUT2D eigenvalue weighted by Gasteiger charge is 2.13. The summed E-state index contributed by atoms with van der Waals surface area (Å²) in [7, 11) is 2.32. The van der Waals surface area contributed by atoms with E-state index >= 15 is 0 Å². The molecule has 0 aliphatic heterocycles. The molecule has 4 nitrogen and oxygen atoms in total. The molecule has 0 amide bonds. The molecule has 1 N–H and O–H groups in total. The maximum absolute atomic E-state index is 11.1. The van der Waals surface area contributed by atoms with Gasteiger partial charge >= 0.3 is 0 Å². The summed E-state index contributed by atoms with van der Waals surface area (Å²) in [5, 5.41) is 3.83. The normalized spacial score (nSPS) is 13.9. The number of benzene rings is 1. The van der Waals surface area contributed by atoms with Crippen LogP contribution in [-0.2, 0) is 17.3 Å². The standard InChI is InChI=1S/C13H20ClNO3S/c1-9(8-19(4)16)15-7-10-5-6-11(17-2)13(18-3)12(10)14/h5-6,9,15H,7-8H2,1-4H3. The largest absolute Gasteiger partial charge is 0.493 e. The molecule has 0 heterocycles. The molecule has 1 rings (SSSR count). The Morgan fingerprint density at radius 1 is 1.37 bits per heavy atom. The average Bonchev–Trinajstić information content (AvgIpc) is 2.36. The third kappa shape index (κ3) is 4.67. The second-order valence-electron chi connectivity index (χ2n) is 4.30. The van der Waals surface area contributed by atoms with E-state index in [2.05, 4.69) is 5.32 Å². The summed E-state index contributed by atoms with van der Waals surface area (Å²) in [4.78, 5) is 0. The zero-order valence-electron chi connectivity index (χ0n) is 11.7. The maximum Gasteiger partial charge on any atom is 0.179 e. The number of methoxy groups -OCH3 is 2. The molecule has 6 heteroatoms. The lowest BCUT2D eigenvalue weighted by atomic mass is 10.2. The van der Waals surface area contributed by atoms with Crippen molar-refractivity contribution in [3.63, 3.8) is 0 Å². The van der Waals surface area contributed by atoms with E-state index in [4.69, 9.17) is 21.1 Å². The van der Waals surface area contributed by atoms with E-state index in [1.165, 1.54) is 0 Å². The Balaban J connectivity index is 2.77. The van der Waals surface area contributed by atoms with Crippen molar-refractivity contribution < 1.29 is 13.7 Å². The number of nitrogens with one attached hydrogen (secondary N) is 1. The van der Waals surface area contributed by atoms with Crippen LogP contribution >= 0.6 is 11.6 Å².